The minimum atomic E-state index is -0.546. The highest BCUT2D eigenvalue weighted by Gasteiger charge is 2.36. The highest BCUT2D eigenvalue weighted by molar-refractivity contribution is 9.10. The van der Waals surface area contributed by atoms with Gasteiger partial charge in [0.05, 0.1) is 16.5 Å². The summed E-state index contributed by atoms with van der Waals surface area (Å²) in [5.41, 5.74) is 2.14. The number of thioether (sulfide) groups is 1. The lowest BCUT2D eigenvalue weighted by molar-refractivity contribution is -0.127. The van der Waals surface area contributed by atoms with Crippen LogP contribution in [0.3, 0.4) is 0 Å². The quantitative estimate of drug-likeness (QED) is 0.309. The molecule has 1 aliphatic heterocycles. The number of amides is 3. The van der Waals surface area contributed by atoms with E-state index in [4.69, 9.17) is 21.1 Å². The van der Waals surface area contributed by atoms with Crippen LogP contribution in [0, 0.1) is 0 Å². The van der Waals surface area contributed by atoms with E-state index in [2.05, 4.69) is 21.2 Å². The van der Waals surface area contributed by atoms with Gasteiger partial charge in [-0.25, -0.2) is 0 Å². The van der Waals surface area contributed by atoms with E-state index in [-0.39, 0.29) is 4.91 Å². The third-order valence-corrected chi connectivity index (χ3v) is 6.83. The fourth-order valence-electron chi connectivity index (χ4n) is 3.36. The number of imide groups is 1. The smallest absolute Gasteiger partial charge is 0.294 e. The van der Waals surface area contributed by atoms with Gasteiger partial charge in [0.15, 0.2) is 11.5 Å². The Morgan fingerprint density at radius 3 is 2.53 bits per heavy atom. The maximum Gasteiger partial charge on any atom is 0.294 e. The summed E-state index contributed by atoms with van der Waals surface area (Å²) >= 11 is 10.1. The zero-order valence-corrected chi connectivity index (χ0v) is 22.2. The van der Waals surface area contributed by atoms with Gasteiger partial charge in [-0.1, -0.05) is 41.9 Å². The van der Waals surface area contributed by atoms with Crippen LogP contribution in [0.25, 0.3) is 6.08 Å². The molecule has 1 saturated heterocycles. The summed E-state index contributed by atoms with van der Waals surface area (Å²) in [5.74, 6) is -0.0560. The number of halogens is 2. The maximum atomic E-state index is 12.9. The van der Waals surface area contributed by atoms with Gasteiger partial charge in [-0.05, 0) is 81.3 Å². The van der Waals surface area contributed by atoms with Crippen molar-refractivity contribution in [2.75, 3.05) is 19.0 Å². The Balaban J connectivity index is 1.46. The number of hydrogen-bond acceptors (Lipinski definition) is 6. The second-order valence-electron chi connectivity index (χ2n) is 7.63. The molecule has 1 fully saturated rings. The molecule has 4 rings (SSSR count). The van der Waals surface area contributed by atoms with E-state index >= 15 is 0 Å². The third kappa shape index (κ3) is 6.29. The molecule has 1 N–H and O–H groups in total. The number of hydrogen-bond donors (Lipinski definition) is 1. The predicted octanol–water partition coefficient (Wildman–Crippen LogP) is 6.37. The fraction of sp³-hybridized carbons (Fsp3) is 0.115. The van der Waals surface area contributed by atoms with Gasteiger partial charge >= 0.3 is 0 Å². The molecule has 1 aliphatic rings. The Morgan fingerprint density at radius 1 is 1.11 bits per heavy atom. The standard InChI is InChI=1S/C26H20BrClN2O5S/c1-34-21-12-17(11-20(27)24(21)35-15-16-5-3-2-4-6-16)13-22-25(32)30(26(33)36-22)14-23(31)29-19-9-7-18(28)8-10-19/h2-13H,14-15H2,1H3,(H,29,31)/b22-13+. The number of rotatable bonds is 8. The molecule has 0 radical (unpaired) electrons. The largest absolute Gasteiger partial charge is 0.493 e. The van der Waals surface area contributed by atoms with Gasteiger partial charge < -0.3 is 14.8 Å². The Morgan fingerprint density at radius 2 is 1.83 bits per heavy atom. The highest BCUT2D eigenvalue weighted by Crippen LogP contribution is 2.39. The van der Waals surface area contributed by atoms with Crippen molar-refractivity contribution in [3.63, 3.8) is 0 Å². The Labute approximate surface area is 225 Å². The molecule has 1 heterocycles. The van der Waals surface area contributed by atoms with Crippen LogP contribution >= 0.6 is 39.3 Å². The van der Waals surface area contributed by atoms with Crippen molar-refractivity contribution in [3.05, 3.63) is 92.3 Å². The molecular formula is C26H20BrClN2O5S. The molecule has 0 saturated carbocycles. The molecular weight excluding hydrogens is 568 g/mol. The maximum absolute atomic E-state index is 12.9. The van der Waals surface area contributed by atoms with Crippen LogP contribution in [0.4, 0.5) is 10.5 Å². The number of benzene rings is 3. The summed E-state index contributed by atoms with van der Waals surface area (Å²) in [4.78, 5) is 38.8. The second kappa shape index (κ2) is 11.6. The zero-order chi connectivity index (χ0) is 25.7. The van der Waals surface area contributed by atoms with Gasteiger partial charge in [-0.3, -0.25) is 19.3 Å². The first-order valence-corrected chi connectivity index (χ1v) is 12.7. The lowest BCUT2D eigenvalue weighted by Crippen LogP contribution is -2.36. The van der Waals surface area contributed by atoms with Crippen LogP contribution in [0.1, 0.15) is 11.1 Å². The Hall–Kier alpha value is -3.27. The summed E-state index contributed by atoms with van der Waals surface area (Å²) < 4.78 is 12.1. The fourth-order valence-corrected chi connectivity index (χ4v) is 4.90. The predicted molar refractivity (Wildman–Crippen MR) is 144 cm³/mol. The first-order chi connectivity index (χ1) is 17.3. The van der Waals surface area contributed by atoms with Crippen molar-refractivity contribution >= 4 is 68.1 Å². The molecule has 36 heavy (non-hydrogen) atoms. The molecule has 10 heteroatoms. The van der Waals surface area contributed by atoms with E-state index in [1.54, 1.807) is 42.5 Å². The molecule has 0 aromatic heterocycles. The van der Waals surface area contributed by atoms with Gasteiger partial charge in [0.1, 0.15) is 13.2 Å². The van der Waals surface area contributed by atoms with Crippen molar-refractivity contribution in [1.82, 2.24) is 4.90 Å². The Kier molecular flexibility index (Phi) is 8.35. The molecule has 7 nitrogen and oxygen atoms in total. The van der Waals surface area contributed by atoms with Crippen LogP contribution < -0.4 is 14.8 Å². The first-order valence-electron chi connectivity index (χ1n) is 10.7. The van der Waals surface area contributed by atoms with Crippen molar-refractivity contribution < 1.29 is 23.9 Å². The van der Waals surface area contributed by atoms with Crippen LogP contribution in [-0.4, -0.2) is 35.6 Å². The van der Waals surface area contributed by atoms with E-state index in [1.807, 2.05) is 30.3 Å². The SMILES string of the molecule is COc1cc(/C=C2/SC(=O)N(CC(=O)Nc3ccc(Cl)cc3)C2=O)cc(Br)c1OCc1ccccc1. The van der Waals surface area contributed by atoms with E-state index < -0.39 is 23.6 Å². The number of anilines is 1. The first kappa shape index (κ1) is 25.8. The van der Waals surface area contributed by atoms with Gasteiger partial charge in [-0.15, -0.1) is 0 Å². The lowest BCUT2D eigenvalue weighted by atomic mass is 10.1. The summed E-state index contributed by atoms with van der Waals surface area (Å²) in [5, 5.41) is 2.65. The third-order valence-electron chi connectivity index (χ3n) is 5.08. The average molecular weight is 588 g/mol. The summed E-state index contributed by atoms with van der Waals surface area (Å²) in [6.07, 6.45) is 1.58. The molecule has 3 aromatic carbocycles. The van der Waals surface area contributed by atoms with Crippen molar-refractivity contribution in [2.45, 2.75) is 6.61 Å². The van der Waals surface area contributed by atoms with E-state index in [0.717, 1.165) is 22.2 Å². The lowest BCUT2D eigenvalue weighted by Gasteiger charge is -2.14. The monoisotopic (exact) mass is 586 g/mol. The van der Waals surface area contributed by atoms with E-state index in [0.29, 0.717) is 38.9 Å². The summed E-state index contributed by atoms with van der Waals surface area (Å²) in [7, 11) is 1.52. The number of carbonyl (C=O) groups excluding carboxylic acids is 3. The van der Waals surface area contributed by atoms with Gasteiger partial charge in [0, 0.05) is 10.7 Å². The molecule has 3 aromatic rings. The molecule has 0 atom stereocenters. The molecule has 0 bridgehead atoms. The van der Waals surface area contributed by atoms with Crippen molar-refractivity contribution in [3.8, 4) is 11.5 Å². The van der Waals surface area contributed by atoms with Gasteiger partial charge in [0.2, 0.25) is 5.91 Å². The van der Waals surface area contributed by atoms with E-state index in [1.165, 1.54) is 7.11 Å². The normalized spacial score (nSPS) is 14.3. The highest BCUT2D eigenvalue weighted by atomic mass is 79.9. The Bertz CT molecular complexity index is 1330. The van der Waals surface area contributed by atoms with Gasteiger partial charge in [-0.2, -0.15) is 0 Å². The van der Waals surface area contributed by atoms with Gasteiger partial charge in [0.25, 0.3) is 11.1 Å². The topological polar surface area (TPSA) is 84.9 Å². The number of carbonyl (C=O) groups is 3. The van der Waals surface area contributed by atoms with E-state index in [9.17, 15) is 14.4 Å². The number of ether oxygens (including phenoxy) is 2. The van der Waals surface area contributed by atoms with Crippen LogP contribution in [-0.2, 0) is 16.2 Å². The van der Waals surface area contributed by atoms with Crippen molar-refractivity contribution in [2.24, 2.45) is 0 Å². The number of nitrogens with zero attached hydrogens (tertiary/aromatic N) is 1. The molecule has 184 valence electrons. The molecule has 0 spiro atoms. The minimum absolute atomic E-state index is 0.200. The summed E-state index contributed by atoms with van der Waals surface area (Å²) in [6.45, 7) is -0.0456. The van der Waals surface area contributed by atoms with Crippen LogP contribution in [0.2, 0.25) is 5.02 Å². The number of nitrogens with one attached hydrogen (secondary N) is 1. The molecule has 3 amide bonds. The van der Waals surface area contributed by atoms with Crippen molar-refractivity contribution in [1.29, 1.82) is 0 Å². The molecule has 0 unspecified atom stereocenters. The second-order valence-corrected chi connectivity index (χ2v) is 9.92. The summed E-state index contributed by atoms with van der Waals surface area (Å²) in [6, 6.07) is 19.7. The van der Waals surface area contributed by atoms with Crippen LogP contribution in [0.15, 0.2) is 76.1 Å². The van der Waals surface area contributed by atoms with Crippen LogP contribution in [0.5, 0.6) is 11.5 Å². The minimum Gasteiger partial charge on any atom is -0.493 e. The zero-order valence-electron chi connectivity index (χ0n) is 19.0. The average Bonchev–Trinajstić information content (AvgIpc) is 3.12. The molecule has 0 aliphatic carbocycles. The number of methoxy groups -OCH3 is 1.